The second kappa shape index (κ2) is 4.35. The quantitative estimate of drug-likeness (QED) is 0.679. The van der Waals surface area contributed by atoms with Crippen molar-refractivity contribution in [3.8, 4) is 0 Å². The molecule has 1 aromatic heterocycles. The molecule has 0 aliphatic carbocycles. The van der Waals surface area contributed by atoms with E-state index in [0.717, 1.165) is 11.3 Å². The standard InChI is InChI=1S/C14H16N2/c1-11-4-5-14(8-12(11)2)15-9-13-6-7-16(3)10-13/h4-10H,1-3H3. The molecule has 1 heterocycles. The minimum Gasteiger partial charge on any atom is -0.357 e. The summed E-state index contributed by atoms with van der Waals surface area (Å²) in [5.74, 6) is 0. The maximum absolute atomic E-state index is 4.45. The van der Waals surface area contributed by atoms with Crippen molar-refractivity contribution in [1.82, 2.24) is 4.57 Å². The van der Waals surface area contributed by atoms with Crippen LogP contribution in [0, 0.1) is 13.8 Å². The molecule has 0 saturated carbocycles. The number of benzene rings is 1. The Morgan fingerprint density at radius 2 is 1.94 bits per heavy atom. The molecule has 2 rings (SSSR count). The van der Waals surface area contributed by atoms with Gasteiger partial charge in [-0.2, -0.15) is 0 Å². The summed E-state index contributed by atoms with van der Waals surface area (Å²) in [6.45, 7) is 4.22. The molecule has 2 nitrogen and oxygen atoms in total. The van der Waals surface area contributed by atoms with Crippen LogP contribution in [0.2, 0.25) is 0 Å². The van der Waals surface area contributed by atoms with Crippen LogP contribution in [0.1, 0.15) is 16.7 Å². The van der Waals surface area contributed by atoms with E-state index in [1.807, 2.05) is 42.4 Å². The molecule has 0 bridgehead atoms. The summed E-state index contributed by atoms with van der Waals surface area (Å²) in [4.78, 5) is 4.45. The van der Waals surface area contributed by atoms with Crippen LogP contribution < -0.4 is 0 Å². The lowest BCUT2D eigenvalue weighted by Crippen LogP contribution is -1.81. The number of aromatic nitrogens is 1. The van der Waals surface area contributed by atoms with E-state index >= 15 is 0 Å². The van der Waals surface area contributed by atoms with E-state index in [0.29, 0.717) is 0 Å². The van der Waals surface area contributed by atoms with Gasteiger partial charge in [0, 0.05) is 31.2 Å². The van der Waals surface area contributed by atoms with Crippen LogP contribution in [0.25, 0.3) is 0 Å². The topological polar surface area (TPSA) is 17.3 Å². The first-order valence-electron chi connectivity index (χ1n) is 5.38. The summed E-state index contributed by atoms with van der Waals surface area (Å²) in [5, 5.41) is 0. The lowest BCUT2D eigenvalue weighted by Gasteiger charge is -1.99. The van der Waals surface area contributed by atoms with Gasteiger partial charge in [0.25, 0.3) is 0 Å². The number of aryl methyl sites for hydroxylation is 3. The van der Waals surface area contributed by atoms with Crippen LogP contribution in [0.5, 0.6) is 0 Å². The Bertz CT molecular complexity index is 521. The third kappa shape index (κ3) is 2.40. The van der Waals surface area contributed by atoms with E-state index in [9.17, 15) is 0 Å². The Labute approximate surface area is 96.3 Å². The summed E-state index contributed by atoms with van der Waals surface area (Å²) < 4.78 is 2.02. The normalized spacial score (nSPS) is 11.2. The van der Waals surface area contributed by atoms with E-state index in [1.165, 1.54) is 11.1 Å². The Balaban J connectivity index is 2.20. The van der Waals surface area contributed by atoms with Crippen LogP contribution >= 0.6 is 0 Å². The van der Waals surface area contributed by atoms with Gasteiger partial charge < -0.3 is 4.57 Å². The molecule has 0 aliphatic heterocycles. The van der Waals surface area contributed by atoms with Crippen LogP contribution in [-0.4, -0.2) is 10.8 Å². The van der Waals surface area contributed by atoms with Crippen molar-refractivity contribution in [3.63, 3.8) is 0 Å². The average Bonchev–Trinajstić information content (AvgIpc) is 2.66. The highest BCUT2D eigenvalue weighted by molar-refractivity contribution is 5.81. The van der Waals surface area contributed by atoms with Crippen molar-refractivity contribution in [3.05, 3.63) is 53.3 Å². The third-order valence-electron chi connectivity index (χ3n) is 2.71. The van der Waals surface area contributed by atoms with Crippen LogP contribution in [0.4, 0.5) is 5.69 Å². The van der Waals surface area contributed by atoms with E-state index in [4.69, 9.17) is 0 Å². The second-order valence-corrected chi connectivity index (χ2v) is 4.14. The minimum absolute atomic E-state index is 1.01. The fraction of sp³-hybridized carbons (Fsp3) is 0.214. The molecule has 0 N–H and O–H groups in total. The van der Waals surface area contributed by atoms with Gasteiger partial charge in [0.1, 0.15) is 0 Å². The molecule has 0 amide bonds. The van der Waals surface area contributed by atoms with Gasteiger partial charge in [-0.15, -0.1) is 0 Å². The first-order chi connectivity index (χ1) is 7.65. The molecule has 2 aromatic rings. The van der Waals surface area contributed by atoms with Crippen molar-refractivity contribution in [2.24, 2.45) is 12.0 Å². The molecule has 1 aromatic carbocycles. The van der Waals surface area contributed by atoms with Crippen molar-refractivity contribution in [1.29, 1.82) is 0 Å². The van der Waals surface area contributed by atoms with E-state index < -0.39 is 0 Å². The van der Waals surface area contributed by atoms with Crippen LogP contribution in [-0.2, 0) is 7.05 Å². The number of nitrogens with zero attached hydrogens (tertiary/aromatic N) is 2. The van der Waals surface area contributed by atoms with E-state index in [1.54, 1.807) is 0 Å². The Morgan fingerprint density at radius 3 is 2.56 bits per heavy atom. The molecular weight excluding hydrogens is 196 g/mol. The molecule has 0 aliphatic rings. The summed E-state index contributed by atoms with van der Waals surface area (Å²) in [5.41, 5.74) is 4.72. The lowest BCUT2D eigenvalue weighted by atomic mass is 10.1. The van der Waals surface area contributed by atoms with Crippen molar-refractivity contribution in [2.45, 2.75) is 13.8 Å². The van der Waals surface area contributed by atoms with Crippen LogP contribution in [0.3, 0.4) is 0 Å². The second-order valence-electron chi connectivity index (χ2n) is 4.14. The zero-order chi connectivity index (χ0) is 11.5. The van der Waals surface area contributed by atoms with Gasteiger partial charge in [-0.25, -0.2) is 0 Å². The van der Waals surface area contributed by atoms with E-state index in [2.05, 4.69) is 31.0 Å². The molecule has 16 heavy (non-hydrogen) atoms. The molecule has 0 saturated heterocycles. The smallest absolute Gasteiger partial charge is 0.0632 e. The first kappa shape index (κ1) is 10.7. The molecule has 0 fully saturated rings. The number of hydrogen-bond donors (Lipinski definition) is 0. The molecule has 0 atom stereocenters. The van der Waals surface area contributed by atoms with Crippen molar-refractivity contribution < 1.29 is 0 Å². The SMILES string of the molecule is Cc1ccc(N=Cc2ccn(C)c2)cc1C. The zero-order valence-corrected chi connectivity index (χ0v) is 9.94. The number of hydrogen-bond acceptors (Lipinski definition) is 1. The Kier molecular flexibility index (Phi) is 2.91. The molecule has 2 heteroatoms. The predicted molar refractivity (Wildman–Crippen MR) is 68.6 cm³/mol. The Morgan fingerprint density at radius 1 is 1.12 bits per heavy atom. The third-order valence-corrected chi connectivity index (χ3v) is 2.71. The fourth-order valence-corrected chi connectivity index (χ4v) is 1.56. The maximum atomic E-state index is 4.45. The zero-order valence-electron chi connectivity index (χ0n) is 9.94. The fourth-order valence-electron chi connectivity index (χ4n) is 1.56. The molecule has 0 spiro atoms. The largest absolute Gasteiger partial charge is 0.357 e. The summed E-state index contributed by atoms with van der Waals surface area (Å²) in [7, 11) is 2.01. The highest BCUT2D eigenvalue weighted by atomic mass is 14.9. The minimum atomic E-state index is 1.01. The van der Waals surface area contributed by atoms with Gasteiger partial charge in [0.05, 0.1) is 5.69 Å². The predicted octanol–water partition coefficient (Wildman–Crippen LogP) is 3.39. The number of rotatable bonds is 2. The monoisotopic (exact) mass is 212 g/mol. The van der Waals surface area contributed by atoms with Gasteiger partial charge in [-0.3, -0.25) is 4.99 Å². The maximum Gasteiger partial charge on any atom is 0.0632 e. The van der Waals surface area contributed by atoms with Gasteiger partial charge in [-0.1, -0.05) is 6.07 Å². The average molecular weight is 212 g/mol. The molecule has 0 radical (unpaired) electrons. The van der Waals surface area contributed by atoms with Gasteiger partial charge >= 0.3 is 0 Å². The van der Waals surface area contributed by atoms with E-state index in [-0.39, 0.29) is 0 Å². The summed E-state index contributed by atoms with van der Waals surface area (Å²) in [6, 6.07) is 8.30. The summed E-state index contributed by atoms with van der Waals surface area (Å²) in [6.07, 6.45) is 5.95. The summed E-state index contributed by atoms with van der Waals surface area (Å²) >= 11 is 0. The lowest BCUT2D eigenvalue weighted by molar-refractivity contribution is 0.927. The van der Waals surface area contributed by atoms with Crippen LogP contribution in [0.15, 0.2) is 41.7 Å². The van der Waals surface area contributed by atoms with Gasteiger partial charge in [-0.05, 0) is 43.2 Å². The molecular formula is C14H16N2. The van der Waals surface area contributed by atoms with Gasteiger partial charge in [0.15, 0.2) is 0 Å². The van der Waals surface area contributed by atoms with Crippen molar-refractivity contribution in [2.75, 3.05) is 0 Å². The number of aliphatic imine (C=N–C) groups is 1. The Hall–Kier alpha value is -1.83. The molecule has 82 valence electrons. The van der Waals surface area contributed by atoms with Gasteiger partial charge in [0.2, 0.25) is 0 Å². The highest BCUT2D eigenvalue weighted by Crippen LogP contribution is 2.16. The first-order valence-corrected chi connectivity index (χ1v) is 5.38. The highest BCUT2D eigenvalue weighted by Gasteiger charge is 1.94. The molecule has 0 unspecified atom stereocenters. The van der Waals surface area contributed by atoms with Crippen molar-refractivity contribution >= 4 is 11.9 Å².